The van der Waals surface area contributed by atoms with Crippen molar-refractivity contribution in [2.75, 3.05) is 18.0 Å². The summed E-state index contributed by atoms with van der Waals surface area (Å²) in [5.41, 5.74) is 7.32. The molecule has 18 heavy (non-hydrogen) atoms. The molecule has 1 fully saturated rings. The van der Waals surface area contributed by atoms with E-state index in [1.807, 2.05) is 31.2 Å². The highest BCUT2D eigenvalue weighted by atomic mass is 16.4. The summed E-state index contributed by atoms with van der Waals surface area (Å²) < 4.78 is 0. The number of rotatable bonds is 3. The number of hydrogen-bond acceptors (Lipinski definition) is 4. The van der Waals surface area contributed by atoms with Crippen molar-refractivity contribution in [1.29, 1.82) is 0 Å². The molecule has 2 atom stereocenters. The van der Waals surface area contributed by atoms with E-state index in [2.05, 4.69) is 10.1 Å². The van der Waals surface area contributed by atoms with Crippen LogP contribution in [0.15, 0.2) is 29.4 Å². The lowest BCUT2D eigenvalue weighted by Crippen LogP contribution is -2.24. The quantitative estimate of drug-likeness (QED) is 0.323. The number of nitrogens with two attached hydrogens (primary N) is 1. The van der Waals surface area contributed by atoms with Gasteiger partial charge in [0.1, 0.15) is 0 Å². The molecule has 1 aromatic rings. The second-order valence-corrected chi connectivity index (χ2v) is 4.77. The van der Waals surface area contributed by atoms with Gasteiger partial charge in [0.15, 0.2) is 5.84 Å². The van der Waals surface area contributed by atoms with E-state index in [4.69, 9.17) is 10.9 Å². The molecule has 0 aromatic heterocycles. The van der Waals surface area contributed by atoms with Crippen LogP contribution in [0.2, 0.25) is 0 Å². The Morgan fingerprint density at radius 2 is 2.11 bits per heavy atom. The van der Waals surface area contributed by atoms with E-state index in [1.54, 1.807) is 0 Å². The SMILES string of the molecule is CC(O)C1CCN(c2ccc(/C(N)=N/O)cc2)C1. The lowest BCUT2D eigenvalue weighted by molar-refractivity contribution is 0.136. The van der Waals surface area contributed by atoms with Crippen LogP contribution < -0.4 is 10.6 Å². The van der Waals surface area contributed by atoms with Gasteiger partial charge in [-0.05, 0) is 37.6 Å². The summed E-state index contributed by atoms with van der Waals surface area (Å²) in [4.78, 5) is 2.24. The third kappa shape index (κ3) is 2.56. The van der Waals surface area contributed by atoms with Crippen molar-refractivity contribution in [3.8, 4) is 0 Å². The van der Waals surface area contributed by atoms with Crippen molar-refractivity contribution < 1.29 is 10.3 Å². The number of nitrogens with zero attached hydrogens (tertiary/aromatic N) is 2. The molecule has 2 rings (SSSR count). The van der Waals surface area contributed by atoms with E-state index in [9.17, 15) is 5.11 Å². The molecule has 5 nitrogen and oxygen atoms in total. The maximum absolute atomic E-state index is 9.58. The Bertz CT molecular complexity index is 428. The highest BCUT2D eigenvalue weighted by molar-refractivity contribution is 5.97. The second-order valence-electron chi connectivity index (χ2n) is 4.77. The van der Waals surface area contributed by atoms with Crippen LogP contribution in [-0.4, -0.2) is 35.3 Å². The molecule has 2 unspecified atom stereocenters. The zero-order valence-corrected chi connectivity index (χ0v) is 10.5. The molecule has 1 aliphatic heterocycles. The van der Waals surface area contributed by atoms with Gasteiger partial charge in [-0.3, -0.25) is 0 Å². The van der Waals surface area contributed by atoms with E-state index in [0.29, 0.717) is 11.5 Å². The molecular formula is C13H19N3O2. The van der Waals surface area contributed by atoms with Crippen molar-refractivity contribution in [2.45, 2.75) is 19.4 Å². The summed E-state index contributed by atoms with van der Waals surface area (Å²) in [6, 6.07) is 7.58. The lowest BCUT2D eigenvalue weighted by Gasteiger charge is -2.19. The summed E-state index contributed by atoms with van der Waals surface area (Å²) in [5, 5.41) is 21.1. The maximum Gasteiger partial charge on any atom is 0.170 e. The summed E-state index contributed by atoms with van der Waals surface area (Å²) in [7, 11) is 0. The molecule has 0 amide bonds. The minimum Gasteiger partial charge on any atom is -0.409 e. The molecule has 1 heterocycles. The number of oxime groups is 1. The van der Waals surface area contributed by atoms with Crippen molar-refractivity contribution in [1.82, 2.24) is 0 Å². The van der Waals surface area contributed by atoms with Crippen LogP contribution in [0, 0.1) is 5.92 Å². The molecular weight excluding hydrogens is 230 g/mol. The predicted octanol–water partition coefficient (Wildman–Crippen LogP) is 0.988. The smallest absolute Gasteiger partial charge is 0.170 e. The second kappa shape index (κ2) is 5.27. The van der Waals surface area contributed by atoms with Crippen LogP contribution in [0.4, 0.5) is 5.69 Å². The number of aliphatic hydroxyl groups is 1. The average molecular weight is 249 g/mol. The predicted molar refractivity (Wildman–Crippen MR) is 71.0 cm³/mol. The van der Waals surface area contributed by atoms with Crippen LogP contribution in [0.5, 0.6) is 0 Å². The number of benzene rings is 1. The van der Waals surface area contributed by atoms with Crippen LogP contribution in [0.1, 0.15) is 18.9 Å². The third-order valence-corrected chi connectivity index (χ3v) is 3.54. The molecule has 1 saturated heterocycles. The molecule has 98 valence electrons. The van der Waals surface area contributed by atoms with Gasteiger partial charge in [0.05, 0.1) is 6.10 Å². The van der Waals surface area contributed by atoms with Gasteiger partial charge in [0, 0.05) is 30.3 Å². The maximum atomic E-state index is 9.58. The highest BCUT2D eigenvalue weighted by Gasteiger charge is 2.25. The summed E-state index contributed by atoms with van der Waals surface area (Å²) >= 11 is 0. The molecule has 0 radical (unpaired) electrons. The molecule has 0 aliphatic carbocycles. The standard InChI is InChI=1S/C13H19N3O2/c1-9(17)11-6-7-16(8-11)12-4-2-10(3-5-12)13(14)15-18/h2-5,9,11,17-18H,6-8H2,1H3,(H2,14,15). The Morgan fingerprint density at radius 3 is 2.61 bits per heavy atom. The topological polar surface area (TPSA) is 82.1 Å². The van der Waals surface area contributed by atoms with Gasteiger partial charge < -0.3 is 20.9 Å². The van der Waals surface area contributed by atoms with E-state index >= 15 is 0 Å². The zero-order valence-electron chi connectivity index (χ0n) is 10.5. The normalized spacial score (nSPS) is 22.2. The van der Waals surface area contributed by atoms with Gasteiger partial charge in [0.25, 0.3) is 0 Å². The van der Waals surface area contributed by atoms with Crippen molar-refractivity contribution in [3.05, 3.63) is 29.8 Å². The van der Waals surface area contributed by atoms with Gasteiger partial charge in [-0.15, -0.1) is 0 Å². The van der Waals surface area contributed by atoms with Crippen LogP contribution in [0.3, 0.4) is 0 Å². The number of amidine groups is 1. The van der Waals surface area contributed by atoms with Gasteiger partial charge >= 0.3 is 0 Å². The van der Waals surface area contributed by atoms with Gasteiger partial charge in [-0.1, -0.05) is 5.16 Å². The van der Waals surface area contributed by atoms with Crippen molar-refractivity contribution >= 4 is 11.5 Å². The fraction of sp³-hybridized carbons (Fsp3) is 0.462. The van der Waals surface area contributed by atoms with Crippen molar-refractivity contribution in [2.24, 2.45) is 16.8 Å². The molecule has 0 bridgehead atoms. The monoisotopic (exact) mass is 249 g/mol. The zero-order chi connectivity index (χ0) is 13.1. The molecule has 1 aliphatic rings. The fourth-order valence-corrected chi connectivity index (χ4v) is 2.32. The first-order valence-corrected chi connectivity index (χ1v) is 6.13. The highest BCUT2D eigenvalue weighted by Crippen LogP contribution is 2.25. The first-order chi connectivity index (χ1) is 8.61. The first-order valence-electron chi connectivity index (χ1n) is 6.13. The number of anilines is 1. The fourth-order valence-electron chi connectivity index (χ4n) is 2.32. The van der Waals surface area contributed by atoms with Crippen molar-refractivity contribution in [3.63, 3.8) is 0 Å². The molecule has 0 saturated carbocycles. The van der Waals surface area contributed by atoms with Gasteiger partial charge in [0.2, 0.25) is 0 Å². The first kappa shape index (κ1) is 12.7. The minimum atomic E-state index is -0.258. The Labute approximate surface area is 107 Å². The summed E-state index contributed by atoms with van der Waals surface area (Å²) in [6.45, 7) is 3.68. The number of hydrogen-bond donors (Lipinski definition) is 3. The van der Waals surface area contributed by atoms with Gasteiger partial charge in [-0.2, -0.15) is 0 Å². The third-order valence-electron chi connectivity index (χ3n) is 3.54. The Morgan fingerprint density at radius 1 is 1.44 bits per heavy atom. The van der Waals surface area contributed by atoms with Crippen LogP contribution in [-0.2, 0) is 0 Å². The Balaban J connectivity index is 2.07. The molecule has 4 N–H and O–H groups in total. The van der Waals surface area contributed by atoms with Crippen LogP contribution >= 0.6 is 0 Å². The van der Waals surface area contributed by atoms with E-state index in [-0.39, 0.29) is 11.9 Å². The lowest BCUT2D eigenvalue weighted by atomic mass is 10.0. The number of aliphatic hydroxyl groups excluding tert-OH is 1. The Kier molecular flexibility index (Phi) is 3.72. The van der Waals surface area contributed by atoms with Crippen LogP contribution in [0.25, 0.3) is 0 Å². The van der Waals surface area contributed by atoms with E-state index in [0.717, 1.165) is 25.2 Å². The Hall–Kier alpha value is -1.75. The molecule has 5 heteroatoms. The molecule has 1 aromatic carbocycles. The minimum absolute atomic E-state index is 0.116. The summed E-state index contributed by atoms with van der Waals surface area (Å²) in [5.74, 6) is 0.457. The molecule has 0 spiro atoms. The summed E-state index contributed by atoms with van der Waals surface area (Å²) in [6.07, 6.45) is 0.756. The average Bonchev–Trinajstić information content (AvgIpc) is 2.88. The van der Waals surface area contributed by atoms with Gasteiger partial charge in [-0.25, -0.2) is 0 Å². The van der Waals surface area contributed by atoms with E-state index in [1.165, 1.54) is 0 Å². The van der Waals surface area contributed by atoms with E-state index < -0.39 is 0 Å². The largest absolute Gasteiger partial charge is 0.409 e.